The van der Waals surface area contributed by atoms with Gasteiger partial charge in [-0.25, -0.2) is 0 Å². The molecule has 0 N–H and O–H groups in total. The van der Waals surface area contributed by atoms with Crippen LogP contribution < -0.4 is 4.46 Å². The number of allylic oxidation sites excluding steroid dienone is 1. The summed E-state index contributed by atoms with van der Waals surface area (Å²) in [6.07, 6.45) is 1.67. The first-order valence-electron chi connectivity index (χ1n) is 7.04. The van der Waals surface area contributed by atoms with Gasteiger partial charge in [0.2, 0.25) is 0 Å². The molecule has 0 saturated carbocycles. The molecule has 0 saturated heterocycles. The summed E-state index contributed by atoms with van der Waals surface area (Å²) in [5, 5.41) is 11.1. The zero-order valence-electron chi connectivity index (χ0n) is 13.0. The van der Waals surface area contributed by atoms with Crippen LogP contribution in [0.2, 0.25) is 0 Å². The van der Waals surface area contributed by atoms with Crippen LogP contribution in [0.4, 0.5) is 5.69 Å². The van der Waals surface area contributed by atoms with E-state index in [4.69, 9.17) is 8.00 Å². The van der Waals surface area contributed by atoms with Crippen molar-refractivity contribution < 1.29 is 21.3 Å². The Morgan fingerprint density at radius 2 is 1.76 bits per heavy atom. The molecular weight excluding hydrogens is 413 g/mol. The summed E-state index contributed by atoms with van der Waals surface area (Å²) < 4.78 is 36.7. The molecule has 1 unspecified atom stereocenters. The van der Waals surface area contributed by atoms with Crippen molar-refractivity contribution in [2.75, 3.05) is 7.11 Å². The summed E-state index contributed by atoms with van der Waals surface area (Å²) in [4.78, 5) is 11.6. The Balaban J connectivity index is 2.05. The fraction of sp³-hybridized carbons (Fsp3) is 0.0625. The van der Waals surface area contributed by atoms with E-state index in [1.807, 2.05) is 12.1 Å². The van der Waals surface area contributed by atoms with Gasteiger partial charge in [-0.2, -0.15) is 0 Å². The van der Waals surface area contributed by atoms with Gasteiger partial charge < -0.3 is 0 Å². The van der Waals surface area contributed by atoms with Crippen LogP contribution in [0.25, 0.3) is 5.76 Å². The predicted octanol–water partition coefficient (Wildman–Crippen LogP) is 1.58. The molecule has 0 radical (unpaired) electrons. The third-order valence-electron chi connectivity index (χ3n) is 3.43. The van der Waals surface area contributed by atoms with Crippen molar-refractivity contribution in [2.24, 2.45) is 0 Å². The van der Waals surface area contributed by atoms with E-state index in [1.165, 1.54) is 25.3 Å². The molecule has 7 nitrogen and oxygen atoms in total. The molecule has 130 valence electrons. The van der Waals surface area contributed by atoms with Crippen LogP contribution in [0.5, 0.6) is 0 Å². The Hall–Kier alpha value is -2.32. The number of benzene rings is 2. The van der Waals surface area contributed by atoms with Crippen LogP contribution in [0.15, 0.2) is 59.5 Å². The average Bonchev–Trinajstić information content (AvgIpc) is 2.62. The molecular formula is C16H13NO6SSe. The van der Waals surface area contributed by atoms with Gasteiger partial charge in [-0.15, -0.1) is 0 Å². The number of fused-ring (bicyclic) bond motifs is 1. The second-order valence-corrected chi connectivity index (χ2v) is 9.99. The van der Waals surface area contributed by atoms with Crippen molar-refractivity contribution in [3.8, 4) is 0 Å². The zero-order chi connectivity index (χ0) is 18.0. The number of hydrogen-bond acceptors (Lipinski definition) is 6. The van der Waals surface area contributed by atoms with E-state index < -0.39 is 39.4 Å². The van der Waals surface area contributed by atoms with Crippen LogP contribution in [0, 0.1) is 10.1 Å². The van der Waals surface area contributed by atoms with Crippen molar-refractivity contribution in [1.82, 2.24) is 0 Å². The van der Waals surface area contributed by atoms with Crippen LogP contribution in [-0.4, -0.2) is 39.2 Å². The number of ether oxygens (including phenoxy) is 1. The summed E-state index contributed by atoms with van der Waals surface area (Å²) in [6, 6.07) is 12.3. The summed E-state index contributed by atoms with van der Waals surface area (Å²) in [6.45, 7) is 0. The number of nitro groups is 1. The summed E-state index contributed by atoms with van der Waals surface area (Å²) in [5.41, 5.74) is 0.251. The summed E-state index contributed by atoms with van der Waals surface area (Å²) >= 11 is -2.35. The Kier molecular flexibility index (Phi) is 4.82. The van der Waals surface area contributed by atoms with Gasteiger partial charge in [0.05, 0.1) is 0 Å². The van der Waals surface area contributed by atoms with Crippen molar-refractivity contribution in [2.45, 2.75) is 4.90 Å². The number of para-hydroxylation sites is 1. The molecule has 2 aromatic carbocycles. The van der Waals surface area contributed by atoms with Gasteiger partial charge in [-0.3, -0.25) is 0 Å². The molecule has 9 heteroatoms. The Morgan fingerprint density at radius 3 is 2.48 bits per heavy atom. The molecule has 1 aliphatic rings. The van der Waals surface area contributed by atoms with Crippen molar-refractivity contribution in [1.29, 1.82) is 0 Å². The van der Waals surface area contributed by atoms with E-state index in [0.717, 1.165) is 16.1 Å². The fourth-order valence-corrected chi connectivity index (χ4v) is 7.86. The number of methoxy groups -OCH3 is 1. The van der Waals surface area contributed by atoms with Gasteiger partial charge in [0, 0.05) is 0 Å². The Labute approximate surface area is 148 Å². The van der Waals surface area contributed by atoms with Gasteiger partial charge in [0.1, 0.15) is 0 Å². The van der Waals surface area contributed by atoms with Gasteiger partial charge in [-0.1, -0.05) is 0 Å². The molecule has 1 aliphatic heterocycles. The zero-order valence-corrected chi connectivity index (χ0v) is 15.5. The van der Waals surface area contributed by atoms with Crippen molar-refractivity contribution >= 4 is 44.7 Å². The molecule has 0 aromatic heterocycles. The number of nitrogens with zero attached hydrogens (tertiary/aromatic N) is 1. The molecule has 0 bridgehead atoms. The van der Waals surface area contributed by atoms with Crippen LogP contribution in [0.3, 0.4) is 0 Å². The maximum absolute atomic E-state index is 12.6. The topological polar surface area (TPSA) is 95.7 Å². The van der Waals surface area contributed by atoms with Crippen LogP contribution in [-0.2, 0) is 18.1 Å². The number of hydrogen-bond donors (Lipinski definition) is 0. The standard InChI is InChI=1S/C16H13NO6SSe/c1-22-14-10-11-25(16-9-5-2-6-12(14)16)23-24(20,21)15-8-4-3-7-13(15)17(18)19/h2-11H,1H3. The molecule has 1 heterocycles. The minimum atomic E-state index is -4.29. The monoisotopic (exact) mass is 427 g/mol. The van der Waals surface area contributed by atoms with Crippen LogP contribution in [0.1, 0.15) is 5.56 Å². The van der Waals surface area contributed by atoms with Gasteiger partial charge in [0.25, 0.3) is 0 Å². The molecule has 0 aliphatic carbocycles. The van der Waals surface area contributed by atoms with Crippen LogP contribution >= 0.6 is 0 Å². The molecule has 0 fully saturated rings. The molecule has 0 spiro atoms. The van der Waals surface area contributed by atoms with Crippen molar-refractivity contribution in [3.05, 3.63) is 70.3 Å². The normalized spacial score (nSPS) is 16.4. The van der Waals surface area contributed by atoms with Gasteiger partial charge in [0.15, 0.2) is 0 Å². The van der Waals surface area contributed by atoms with E-state index in [-0.39, 0.29) is 0 Å². The minimum absolute atomic E-state index is 0.448. The van der Waals surface area contributed by atoms with Gasteiger partial charge >= 0.3 is 148 Å². The fourth-order valence-electron chi connectivity index (χ4n) is 2.32. The third-order valence-corrected chi connectivity index (χ3v) is 9.15. The molecule has 0 amide bonds. The first kappa shape index (κ1) is 17.5. The van der Waals surface area contributed by atoms with E-state index in [2.05, 4.69) is 0 Å². The van der Waals surface area contributed by atoms with E-state index in [9.17, 15) is 18.5 Å². The quantitative estimate of drug-likeness (QED) is 0.409. The Morgan fingerprint density at radius 1 is 1.08 bits per heavy atom. The maximum atomic E-state index is 12.6. The van der Waals surface area contributed by atoms with E-state index >= 15 is 0 Å². The Bertz CT molecular complexity index is 1010. The summed E-state index contributed by atoms with van der Waals surface area (Å²) in [7, 11) is -2.76. The molecule has 3 rings (SSSR count). The second-order valence-electron chi connectivity index (χ2n) is 4.91. The van der Waals surface area contributed by atoms with E-state index in [1.54, 1.807) is 23.1 Å². The number of nitro benzene ring substituents is 1. The van der Waals surface area contributed by atoms with Crippen molar-refractivity contribution in [3.63, 3.8) is 0 Å². The molecule has 25 heavy (non-hydrogen) atoms. The van der Waals surface area contributed by atoms with E-state index in [0.29, 0.717) is 5.76 Å². The second kappa shape index (κ2) is 6.89. The predicted molar refractivity (Wildman–Crippen MR) is 94.2 cm³/mol. The third kappa shape index (κ3) is 3.40. The first-order chi connectivity index (χ1) is 11.9. The average molecular weight is 426 g/mol. The molecule has 2 aromatic rings. The number of rotatable bonds is 5. The SMILES string of the molecule is COC1=CC=[Se](OS(=O)(=O)c2ccccc2[N+](=O)[O-])c2ccccc21. The molecule has 1 atom stereocenters. The summed E-state index contributed by atoms with van der Waals surface area (Å²) in [5.74, 6) is 0.613. The first-order valence-corrected chi connectivity index (χ1v) is 11.0. The van der Waals surface area contributed by atoms with Gasteiger partial charge in [-0.05, 0) is 0 Å².